The third-order valence-corrected chi connectivity index (χ3v) is 3.31. The topological polar surface area (TPSA) is 103 Å². The van der Waals surface area contributed by atoms with Gasteiger partial charge in [0, 0.05) is 5.56 Å². The van der Waals surface area contributed by atoms with Gasteiger partial charge in [0.25, 0.3) is 5.91 Å². The zero-order valence-corrected chi connectivity index (χ0v) is 14.1. The summed E-state index contributed by atoms with van der Waals surface area (Å²) in [6.07, 6.45) is -0.00501. The number of nitrogens with zero attached hydrogens (tertiary/aromatic N) is 2. The molecule has 0 bridgehead atoms. The number of amides is 1. The molecule has 8 heteroatoms. The van der Waals surface area contributed by atoms with E-state index in [9.17, 15) is 4.79 Å². The number of hydrogen-bond donors (Lipinski definition) is 2. The smallest absolute Gasteiger partial charge is 0.271 e. The van der Waals surface area contributed by atoms with E-state index in [1.807, 2.05) is 20.8 Å². The predicted molar refractivity (Wildman–Crippen MR) is 85.0 cm³/mol. The second kappa shape index (κ2) is 6.78. The molecule has 0 aliphatic carbocycles. The minimum absolute atomic E-state index is 0.00501. The summed E-state index contributed by atoms with van der Waals surface area (Å²) in [6, 6.07) is 3.53. The molecule has 3 N–H and O–H groups in total. The van der Waals surface area contributed by atoms with Crippen molar-refractivity contribution in [2.24, 2.45) is 5.73 Å². The van der Waals surface area contributed by atoms with Crippen LogP contribution in [0.15, 0.2) is 16.6 Å². The zero-order chi connectivity index (χ0) is 16.3. The fraction of sp³-hybridized carbons (Fsp3) is 0.357. The molecule has 7 nitrogen and oxygen atoms in total. The van der Waals surface area contributed by atoms with Crippen LogP contribution in [0.4, 0.5) is 0 Å². The Morgan fingerprint density at radius 1 is 1.41 bits per heavy atom. The summed E-state index contributed by atoms with van der Waals surface area (Å²) < 4.78 is 12.1. The third-order valence-electron chi connectivity index (χ3n) is 2.72. The highest BCUT2D eigenvalue weighted by Gasteiger charge is 2.20. The molecule has 0 atom stereocenters. The van der Waals surface area contributed by atoms with Crippen LogP contribution >= 0.6 is 15.9 Å². The number of nitrogens with one attached hydrogen (secondary N) is 1. The van der Waals surface area contributed by atoms with Gasteiger partial charge in [-0.3, -0.25) is 4.79 Å². The van der Waals surface area contributed by atoms with Crippen molar-refractivity contribution in [3.63, 3.8) is 0 Å². The summed E-state index contributed by atoms with van der Waals surface area (Å²) in [5, 5.41) is 10.2. The van der Waals surface area contributed by atoms with Gasteiger partial charge >= 0.3 is 0 Å². The first-order valence-corrected chi connectivity index (χ1v) is 7.57. The van der Waals surface area contributed by atoms with Gasteiger partial charge < -0.3 is 15.2 Å². The van der Waals surface area contributed by atoms with Crippen LogP contribution in [0.2, 0.25) is 0 Å². The van der Waals surface area contributed by atoms with Crippen molar-refractivity contribution in [1.82, 2.24) is 15.4 Å². The quantitative estimate of drug-likeness (QED) is 0.815. The third kappa shape index (κ3) is 3.38. The lowest BCUT2D eigenvalue weighted by molar-refractivity contribution is 0.0996. The molecule has 1 aromatic carbocycles. The van der Waals surface area contributed by atoms with Crippen LogP contribution in [0.3, 0.4) is 0 Å². The van der Waals surface area contributed by atoms with Crippen molar-refractivity contribution >= 4 is 21.8 Å². The van der Waals surface area contributed by atoms with Gasteiger partial charge in [-0.05, 0) is 48.8 Å². The summed E-state index contributed by atoms with van der Waals surface area (Å²) in [5.74, 6) is 0.504. The molecule has 2 aromatic rings. The summed E-state index contributed by atoms with van der Waals surface area (Å²) in [5.41, 5.74) is 6.39. The minimum atomic E-state index is -0.652. The maximum absolute atomic E-state index is 11.4. The van der Waals surface area contributed by atoms with Crippen LogP contribution in [0.5, 0.6) is 11.5 Å². The lowest BCUT2D eigenvalue weighted by Gasteiger charge is -2.17. The molecule has 0 aliphatic rings. The van der Waals surface area contributed by atoms with E-state index in [0.29, 0.717) is 33.8 Å². The number of aromatic amines is 1. The number of halogens is 1. The van der Waals surface area contributed by atoms with Gasteiger partial charge in [0.2, 0.25) is 0 Å². The monoisotopic (exact) mass is 368 g/mol. The van der Waals surface area contributed by atoms with Gasteiger partial charge in [-0.25, -0.2) is 0 Å². The summed E-state index contributed by atoms with van der Waals surface area (Å²) in [7, 11) is 0. The largest absolute Gasteiger partial charge is 0.490 e. The molecule has 0 saturated heterocycles. The fourth-order valence-corrected chi connectivity index (χ4v) is 2.46. The van der Waals surface area contributed by atoms with E-state index < -0.39 is 5.91 Å². The lowest BCUT2D eigenvalue weighted by Crippen LogP contribution is -2.13. The molecule has 0 unspecified atom stereocenters. The van der Waals surface area contributed by atoms with Crippen LogP contribution in [0.1, 0.15) is 31.3 Å². The standard InChI is InChI=1S/C14H17BrN4O3/c1-4-21-10-6-8(5-9(15)13(10)22-7(2)3)11-12(14(16)20)18-19-17-11/h5-7H,4H2,1-3H3,(H2,16,20)(H,17,18,19). The molecule has 1 heterocycles. The van der Waals surface area contributed by atoms with Crippen molar-refractivity contribution in [2.45, 2.75) is 26.9 Å². The van der Waals surface area contributed by atoms with E-state index in [-0.39, 0.29) is 11.8 Å². The Labute approximate surface area is 136 Å². The molecule has 0 spiro atoms. The number of carbonyl (C=O) groups is 1. The number of aromatic nitrogens is 3. The summed E-state index contributed by atoms with van der Waals surface area (Å²) in [6.45, 7) is 6.22. The Morgan fingerprint density at radius 2 is 2.14 bits per heavy atom. The molecule has 2 rings (SSSR count). The molecule has 0 radical (unpaired) electrons. The Balaban J connectivity index is 2.54. The highest BCUT2D eigenvalue weighted by Crippen LogP contribution is 2.40. The van der Waals surface area contributed by atoms with E-state index in [0.717, 1.165) is 0 Å². The zero-order valence-electron chi connectivity index (χ0n) is 12.5. The van der Waals surface area contributed by atoms with Crippen LogP contribution in [0, 0.1) is 0 Å². The van der Waals surface area contributed by atoms with Crippen LogP contribution in [-0.4, -0.2) is 34.0 Å². The SMILES string of the molecule is CCOc1cc(-c2n[nH]nc2C(N)=O)cc(Br)c1OC(C)C. The van der Waals surface area contributed by atoms with Crippen LogP contribution in [0.25, 0.3) is 11.3 Å². The molecule has 1 amide bonds. The van der Waals surface area contributed by atoms with E-state index in [4.69, 9.17) is 15.2 Å². The Bertz CT molecular complexity index is 685. The van der Waals surface area contributed by atoms with E-state index in [2.05, 4.69) is 31.3 Å². The van der Waals surface area contributed by atoms with Gasteiger partial charge in [0.1, 0.15) is 5.69 Å². The Morgan fingerprint density at radius 3 is 2.73 bits per heavy atom. The average Bonchev–Trinajstić information content (AvgIpc) is 2.91. The second-order valence-electron chi connectivity index (χ2n) is 4.77. The maximum Gasteiger partial charge on any atom is 0.271 e. The highest BCUT2D eigenvalue weighted by molar-refractivity contribution is 9.10. The first-order chi connectivity index (χ1) is 10.4. The minimum Gasteiger partial charge on any atom is -0.490 e. The number of carbonyl (C=O) groups excluding carboxylic acids is 1. The van der Waals surface area contributed by atoms with Gasteiger partial charge in [0.15, 0.2) is 17.2 Å². The van der Waals surface area contributed by atoms with E-state index in [1.54, 1.807) is 12.1 Å². The first-order valence-electron chi connectivity index (χ1n) is 6.78. The molecular formula is C14H17BrN4O3. The summed E-state index contributed by atoms with van der Waals surface area (Å²) in [4.78, 5) is 11.4. The van der Waals surface area contributed by atoms with Gasteiger partial charge in [-0.15, -0.1) is 0 Å². The molecule has 0 fully saturated rings. The van der Waals surface area contributed by atoms with E-state index >= 15 is 0 Å². The number of primary amides is 1. The van der Waals surface area contributed by atoms with Crippen molar-refractivity contribution in [3.05, 3.63) is 22.3 Å². The number of ether oxygens (including phenoxy) is 2. The molecule has 22 heavy (non-hydrogen) atoms. The molecular weight excluding hydrogens is 352 g/mol. The normalized spacial score (nSPS) is 10.8. The number of nitrogens with two attached hydrogens (primary N) is 1. The number of rotatable bonds is 6. The fourth-order valence-electron chi connectivity index (χ4n) is 1.92. The summed E-state index contributed by atoms with van der Waals surface area (Å²) >= 11 is 3.46. The molecule has 118 valence electrons. The van der Waals surface area contributed by atoms with Gasteiger partial charge in [-0.1, -0.05) is 0 Å². The van der Waals surface area contributed by atoms with Crippen LogP contribution < -0.4 is 15.2 Å². The van der Waals surface area contributed by atoms with Crippen molar-refractivity contribution in [2.75, 3.05) is 6.61 Å². The van der Waals surface area contributed by atoms with Crippen molar-refractivity contribution in [1.29, 1.82) is 0 Å². The number of hydrogen-bond acceptors (Lipinski definition) is 5. The maximum atomic E-state index is 11.4. The predicted octanol–water partition coefficient (Wildman–Crippen LogP) is 2.52. The molecule has 0 saturated carbocycles. The molecule has 1 aromatic heterocycles. The highest BCUT2D eigenvalue weighted by atomic mass is 79.9. The Kier molecular flexibility index (Phi) is 5.02. The average molecular weight is 369 g/mol. The second-order valence-corrected chi connectivity index (χ2v) is 5.62. The van der Waals surface area contributed by atoms with E-state index in [1.165, 1.54) is 0 Å². The van der Waals surface area contributed by atoms with Gasteiger partial charge in [0.05, 0.1) is 17.2 Å². The number of benzene rings is 1. The Hall–Kier alpha value is -2.09. The van der Waals surface area contributed by atoms with Gasteiger partial charge in [-0.2, -0.15) is 15.4 Å². The first kappa shape index (κ1) is 16.3. The van der Waals surface area contributed by atoms with Crippen molar-refractivity contribution in [3.8, 4) is 22.8 Å². The molecule has 0 aliphatic heterocycles. The number of H-pyrrole nitrogens is 1. The van der Waals surface area contributed by atoms with Crippen molar-refractivity contribution < 1.29 is 14.3 Å². The van der Waals surface area contributed by atoms with Crippen LogP contribution in [-0.2, 0) is 0 Å². The lowest BCUT2D eigenvalue weighted by atomic mass is 10.1.